The van der Waals surface area contributed by atoms with Gasteiger partial charge in [-0.25, -0.2) is 14.4 Å². The zero-order valence-corrected chi connectivity index (χ0v) is 14.2. The fraction of sp³-hybridized carbons (Fsp3) is 0.800. The summed E-state index contributed by atoms with van der Waals surface area (Å²) in [6.45, 7) is 7.96. The molecular weight excluding hydrogens is 304 g/mol. The molecule has 1 saturated heterocycles. The summed E-state index contributed by atoms with van der Waals surface area (Å²) in [5.41, 5.74) is -0.525. The quantitative estimate of drug-likeness (QED) is 0.622. The van der Waals surface area contributed by atoms with Crippen molar-refractivity contribution >= 4 is 18.2 Å². The molecule has 1 fully saturated rings. The first kappa shape index (κ1) is 19.1. The Bertz CT molecular complexity index is 424. The van der Waals surface area contributed by atoms with Crippen molar-refractivity contribution in [1.82, 2.24) is 10.2 Å². The molecule has 1 heterocycles. The summed E-state index contributed by atoms with van der Waals surface area (Å²) in [5, 5.41) is 2.68. The molecule has 8 nitrogen and oxygen atoms in total. The third kappa shape index (κ3) is 7.71. The molecule has 0 bridgehead atoms. The number of nitrogens with one attached hydrogen (secondary N) is 1. The molecule has 1 rings (SSSR count). The van der Waals surface area contributed by atoms with E-state index in [1.54, 1.807) is 11.8 Å². The van der Waals surface area contributed by atoms with Gasteiger partial charge in [0.05, 0.1) is 6.61 Å². The van der Waals surface area contributed by atoms with E-state index in [1.807, 2.05) is 20.8 Å². The van der Waals surface area contributed by atoms with Crippen LogP contribution in [0.1, 0.15) is 40.5 Å². The van der Waals surface area contributed by atoms with Crippen LogP contribution in [0.5, 0.6) is 0 Å². The van der Waals surface area contributed by atoms with Gasteiger partial charge in [0.15, 0.2) is 6.61 Å². The van der Waals surface area contributed by atoms with Crippen molar-refractivity contribution in [2.24, 2.45) is 0 Å². The molecule has 23 heavy (non-hydrogen) atoms. The monoisotopic (exact) mass is 330 g/mol. The summed E-state index contributed by atoms with van der Waals surface area (Å²) in [6.07, 6.45) is 0.205. The number of alkyl carbamates (subject to hydrolysis) is 1. The minimum absolute atomic E-state index is 0.0941. The highest BCUT2D eigenvalue weighted by molar-refractivity contribution is 5.75. The van der Waals surface area contributed by atoms with E-state index in [9.17, 15) is 14.4 Å². The summed E-state index contributed by atoms with van der Waals surface area (Å²) < 4.78 is 14.7. The van der Waals surface area contributed by atoms with Crippen molar-refractivity contribution in [3.63, 3.8) is 0 Å². The van der Waals surface area contributed by atoms with E-state index in [0.29, 0.717) is 25.9 Å². The van der Waals surface area contributed by atoms with Crippen LogP contribution in [0.2, 0.25) is 0 Å². The van der Waals surface area contributed by atoms with Crippen LogP contribution in [0.3, 0.4) is 0 Å². The van der Waals surface area contributed by atoms with E-state index < -0.39 is 24.3 Å². The Kier molecular flexibility index (Phi) is 7.12. The summed E-state index contributed by atoms with van der Waals surface area (Å²) in [5.74, 6) is -0.581. The van der Waals surface area contributed by atoms with Crippen molar-refractivity contribution in [2.75, 3.05) is 26.3 Å². The smallest absolute Gasteiger partial charge is 0.410 e. The lowest BCUT2D eigenvalue weighted by atomic mass is 10.1. The van der Waals surface area contributed by atoms with Crippen LogP contribution >= 0.6 is 0 Å². The molecule has 1 N–H and O–H groups in total. The first-order valence-electron chi connectivity index (χ1n) is 7.78. The van der Waals surface area contributed by atoms with E-state index >= 15 is 0 Å². The van der Waals surface area contributed by atoms with Gasteiger partial charge in [0.1, 0.15) is 5.60 Å². The number of rotatable bonds is 4. The number of nitrogens with zero attached hydrogens (tertiary/aromatic N) is 1. The third-order valence-corrected chi connectivity index (χ3v) is 3.10. The maximum Gasteiger partial charge on any atom is 0.410 e. The third-order valence-electron chi connectivity index (χ3n) is 3.10. The van der Waals surface area contributed by atoms with Crippen LogP contribution in [0.4, 0.5) is 9.59 Å². The Morgan fingerprint density at radius 1 is 1.13 bits per heavy atom. The summed E-state index contributed by atoms with van der Waals surface area (Å²) in [7, 11) is 0. The fourth-order valence-electron chi connectivity index (χ4n) is 2.07. The lowest BCUT2D eigenvalue weighted by molar-refractivity contribution is -0.146. The van der Waals surface area contributed by atoms with Gasteiger partial charge in [-0.2, -0.15) is 0 Å². The highest BCUT2D eigenvalue weighted by Crippen LogP contribution is 2.15. The molecule has 0 aromatic rings. The number of piperidine rings is 1. The van der Waals surface area contributed by atoms with Crippen LogP contribution in [0.15, 0.2) is 0 Å². The van der Waals surface area contributed by atoms with Gasteiger partial charge in [-0.15, -0.1) is 0 Å². The molecule has 2 amide bonds. The van der Waals surface area contributed by atoms with E-state index in [-0.39, 0.29) is 18.7 Å². The minimum atomic E-state index is -0.659. The van der Waals surface area contributed by atoms with Crippen LogP contribution in [0.25, 0.3) is 0 Å². The van der Waals surface area contributed by atoms with Gasteiger partial charge in [-0.05, 0) is 40.5 Å². The van der Waals surface area contributed by atoms with Crippen LogP contribution < -0.4 is 5.32 Å². The Balaban J connectivity index is 2.27. The maximum atomic E-state index is 11.9. The molecule has 1 aliphatic heterocycles. The molecule has 0 saturated carbocycles. The van der Waals surface area contributed by atoms with E-state index in [0.717, 1.165) is 0 Å². The molecule has 0 atom stereocenters. The van der Waals surface area contributed by atoms with E-state index in [1.165, 1.54) is 0 Å². The molecular formula is C15H26N2O6. The number of ether oxygens (including phenoxy) is 3. The number of carbonyl (C=O) groups excluding carboxylic acids is 3. The maximum absolute atomic E-state index is 11.9. The van der Waals surface area contributed by atoms with Crippen LogP contribution in [0, 0.1) is 0 Å². The van der Waals surface area contributed by atoms with E-state index in [4.69, 9.17) is 9.47 Å². The van der Waals surface area contributed by atoms with Crippen LogP contribution in [-0.4, -0.2) is 61.0 Å². The molecule has 132 valence electrons. The second kappa shape index (κ2) is 8.59. The average Bonchev–Trinajstić information content (AvgIpc) is 2.44. The Morgan fingerprint density at radius 3 is 2.26 bits per heavy atom. The van der Waals surface area contributed by atoms with Crippen molar-refractivity contribution in [1.29, 1.82) is 0 Å². The van der Waals surface area contributed by atoms with Gasteiger partial charge in [-0.1, -0.05) is 0 Å². The number of esters is 1. The zero-order valence-electron chi connectivity index (χ0n) is 14.2. The number of hydrogen-bond donors (Lipinski definition) is 1. The first-order valence-corrected chi connectivity index (χ1v) is 7.78. The van der Waals surface area contributed by atoms with Gasteiger partial charge in [-0.3, -0.25) is 0 Å². The summed E-state index contributed by atoms with van der Waals surface area (Å²) >= 11 is 0. The molecule has 0 aromatic carbocycles. The van der Waals surface area contributed by atoms with E-state index in [2.05, 4.69) is 10.1 Å². The number of hydrogen-bond acceptors (Lipinski definition) is 6. The first-order chi connectivity index (χ1) is 10.7. The molecule has 1 aliphatic rings. The highest BCUT2D eigenvalue weighted by atomic mass is 16.6. The Morgan fingerprint density at radius 2 is 1.74 bits per heavy atom. The minimum Gasteiger partial charge on any atom is -0.463 e. The van der Waals surface area contributed by atoms with Crippen molar-refractivity contribution in [2.45, 2.75) is 52.2 Å². The Hall–Kier alpha value is -1.99. The normalized spacial score (nSPS) is 15.7. The predicted octanol–water partition coefficient (Wildman–Crippen LogP) is 1.68. The van der Waals surface area contributed by atoms with Gasteiger partial charge in [0.25, 0.3) is 0 Å². The predicted molar refractivity (Wildman–Crippen MR) is 81.9 cm³/mol. The topological polar surface area (TPSA) is 94.2 Å². The lowest BCUT2D eigenvalue weighted by Gasteiger charge is -2.33. The largest absolute Gasteiger partial charge is 0.463 e. The lowest BCUT2D eigenvalue weighted by Crippen LogP contribution is -2.48. The zero-order chi connectivity index (χ0) is 17.5. The molecule has 0 spiro atoms. The molecule has 0 aromatic heterocycles. The number of carbonyl (C=O) groups is 3. The molecule has 0 aliphatic carbocycles. The van der Waals surface area contributed by atoms with Gasteiger partial charge in [0.2, 0.25) is 0 Å². The summed E-state index contributed by atoms with van der Waals surface area (Å²) in [6, 6.07) is -0.0941. The average molecular weight is 330 g/mol. The van der Waals surface area contributed by atoms with Crippen LogP contribution in [-0.2, 0) is 19.0 Å². The number of likely N-dealkylation sites (tertiary alicyclic amines) is 1. The molecule has 0 radical (unpaired) electrons. The van der Waals surface area contributed by atoms with Gasteiger partial charge in [0, 0.05) is 19.1 Å². The molecule has 0 unspecified atom stereocenters. The second-order valence-corrected chi connectivity index (χ2v) is 6.27. The highest BCUT2D eigenvalue weighted by Gasteiger charge is 2.27. The Labute approximate surface area is 136 Å². The summed E-state index contributed by atoms with van der Waals surface area (Å²) in [4.78, 5) is 36.2. The van der Waals surface area contributed by atoms with Crippen molar-refractivity contribution in [3.05, 3.63) is 0 Å². The second-order valence-electron chi connectivity index (χ2n) is 6.27. The SMILES string of the molecule is CCOC(=O)COC(=O)NC1CCN(C(=O)OC(C)(C)C)CC1. The van der Waals surface area contributed by atoms with Crippen molar-refractivity contribution in [3.8, 4) is 0 Å². The van der Waals surface area contributed by atoms with Gasteiger partial charge < -0.3 is 24.4 Å². The fourth-order valence-corrected chi connectivity index (χ4v) is 2.07. The standard InChI is InChI=1S/C15H26N2O6/c1-5-21-12(18)10-22-13(19)16-11-6-8-17(9-7-11)14(20)23-15(2,3)4/h11H,5-10H2,1-4H3,(H,16,19). The molecule has 8 heteroatoms. The van der Waals surface area contributed by atoms with Crippen molar-refractivity contribution < 1.29 is 28.6 Å². The van der Waals surface area contributed by atoms with Gasteiger partial charge >= 0.3 is 18.2 Å². The number of amides is 2.